The van der Waals surface area contributed by atoms with Crippen LogP contribution in [-0.2, 0) is 15.9 Å². The maximum absolute atomic E-state index is 12.1. The standard InChI is InChI=1S/C17H19NO4/c1-4-11-8-7-9-12-10-13(16(19)21-5-2)15(18-14(11)12)17(20)22-6-3/h7-10H,4-6H2,1-3H3. The number of esters is 2. The predicted molar refractivity (Wildman–Crippen MR) is 83.0 cm³/mol. The molecule has 22 heavy (non-hydrogen) atoms. The van der Waals surface area contributed by atoms with Crippen molar-refractivity contribution in [3.8, 4) is 0 Å². The Labute approximate surface area is 129 Å². The van der Waals surface area contributed by atoms with E-state index in [1.165, 1.54) is 0 Å². The number of benzene rings is 1. The van der Waals surface area contributed by atoms with Crippen LogP contribution in [0.2, 0.25) is 0 Å². The van der Waals surface area contributed by atoms with Crippen LogP contribution < -0.4 is 0 Å². The van der Waals surface area contributed by atoms with Gasteiger partial charge in [-0.15, -0.1) is 0 Å². The van der Waals surface area contributed by atoms with Crippen molar-refractivity contribution in [3.05, 3.63) is 41.1 Å². The third-order valence-electron chi connectivity index (χ3n) is 3.27. The number of pyridine rings is 1. The minimum Gasteiger partial charge on any atom is -0.462 e. The van der Waals surface area contributed by atoms with Gasteiger partial charge in [0.25, 0.3) is 0 Å². The van der Waals surface area contributed by atoms with Gasteiger partial charge >= 0.3 is 11.9 Å². The van der Waals surface area contributed by atoms with Crippen LogP contribution in [-0.4, -0.2) is 30.1 Å². The van der Waals surface area contributed by atoms with Crippen molar-refractivity contribution < 1.29 is 19.1 Å². The van der Waals surface area contributed by atoms with Crippen molar-refractivity contribution in [3.63, 3.8) is 0 Å². The number of aromatic nitrogens is 1. The molecule has 5 heteroatoms. The molecule has 0 aliphatic heterocycles. The van der Waals surface area contributed by atoms with Gasteiger partial charge in [-0.1, -0.05) is 25.1 Å². The van der Waals surface area contributed by atoms with E-state index in [0.717, 1.165) is 17.4 Å². The first-order chi connectivity index (χ1) is 10.6. The number of para-hydroxylation sites is 1. The SMILES string of the molecule is CCOC(=O)c1cc2cccc(CC)c2nc1C(=O)OCC. The molecule has 0 N–H and O–H groups in total. The van der Waals surface area contributed by atoms with Gasteiger partial charge < -0.3 is 9.47 Å². The maximum Gasteiger partial charge on any atom is 0.357 e. The van der Waals surface area contributed by atoms with E-state index in [-0.39, 0.29) is 24.5 Å². The quantitative estimate of drug-likeness (QED) is 0.794. The molecular formula is C17H19NO4. The zero-order valence-corrected chi connectivity index (χ0v) is 13.0. The van der Waals surface area contributed by atoms with Gasteiger partial charge in [-0.05, 0) is 31.9 Å². The highest BCUT2D eigenvalue weighted by Crippen LogP contribution is 2.22. The van der Waals surface area contributed by atoms with Gasteiger partial charge in [0.2, 0.25) is 0 Å². The van der Waals surface area contributed by atoms with E-state index in [4.69, 9.17) is 9.47 Å². The molecule has 0 aliphatic rings. The molecule has 2 aromatic rings. The molecule has 116 valence electrons. The van der Waals surface area contributed by atoms with Gasteiger partial charge in [-0.2, -0.15) is 0 Å². The van der Waals surface area contributed by atoms with Crippen molar-refractivity contribution in [1.82, 2.24) is 4.98 Å². The molecule has 2 rings (SSSR count). The largest absolute Gasteiger partial charge is 0.462 e. The first-order valence-corrected chi connectivity index (χ1v) is 7.39. The molecule has 0 aliphatic carbocycles. The average molecular weight is 301 g/mol. The molecule has 0 spiro atoms. The highest BCUT2D eigenvalue weighted by Gasteiger charge is 2.22. The van der Waals surface area contributed by atoms with Crippen molar-refractivity contribution >= 4 is 22.8 Å². The summed E-state index contributed by atoms with van der Waals surface area (Å²) in [4.78, 5) is 28.6. The molecule has 0 bridgehead atoms. The molecule has 1 aromatic heterocycles. The van der Waals surface area contributed by atoms with Crippen LogP contribution in [0.4, 0.5) is 0 Å². The van der Waals surface area contributed by atoms with Crippen LogP contribution >= 0.6 is 0 Å². The third kappa shape index (κ3) is 3.08. The molecule has 0 fully saturated rings. The van der Waals surface area contributed by atoms with Crippen LogP contribution in [0.15, 0.2) is 24.3 Å². The fourth-order valence-electron chi connectivity index (χ4n) is 2.26. The summed E-state index contributed by atoms with van der Waals surface area (Å²) in [6.07, 6.45) is 0.783. The first-order valence-electron chi connectivity index (χ1n) is 7.39. The van der Waals surface area contributed by atoms with E-state index < -0.39 is 11.9 Å². The fourth-order valence-corrected chi connectivity index (χ4v) is 2.26. The van der Waals surface area contributed by atoms with Crippen molar-refractivity contribution in [1.29, 1.82) is 0 Å². The van der Waals surface area contributed by atoms with Gasteiger partial charge in [0.1, 0.15) is 0 Å². The monoisotopic (exact) mass is 301 g/mol. The summed E-state index contributed by atoms with van der Waals surface area (Å²) in [5.41, 5.74) is 1.87. The number of carbonyl (C=O) groups is 2. The Morgan fingerprint density at radius 3 is 2.36 bits per heavy atom. The molecule has 5 nitrogen and oxygen atoms in total. The Balaban J connectivity index is 2.67. The molecule has 0 atom stereocenters. The van der Waals surface area contributed by atoms with E-state index in [9.17, 15) is 9.59 Å². The van der Waals surface area contributed by atoms with Gasteiger partial charge in [0, 0.05) is 5.39 Å². The lowest BCUT2D eigenvalue weighted by molar-refractivity contribution is 0.0474. The number of aryl methyl sites for hydroxylation is 1. The van der Waals surface area contributed by atoms with Gasteiger partial charge in [0.05, 0.1) is 24.3 Å². The molecule has 1 aromatic carbocycles. The summed E-state index contributed by atoms with van der Waals surface area (Å²) in [5.74, 6) is -1.18. The van der Waals surface area contributed by atoms with E-state index >= 15 is 0 Å². The first kappa shape index (κ1) is 15.9. The molecular weight excluding hydrogens is 282 g/mol. The van der Waals surface area contributed by atoms with Crippen LogP contribution in [0.5, 0.6) is 0 Å². The second kappa shape index (κ2) is 7.02. The number of rotatable bonds is 5. The van der Waals surface area contributed by atoms with Crippen LogP contribution in [0.1, 0.15) is 47.2 Å². The summed E-state index contributed by atoms with van der Waals surface area (Å²) in [7, 11) is 0. The van der Waals surface area contributed by atoms with Crippen molar-refractivity contribution in [2.75, 3.05) is 13.2 Å². The zero-order valence-electron chi connectivity index (χ0n) is 13.0. The highest BCUT2D eigenvalue weighted by molar-refractivity contribution is 6.05. The fraction of sp³-hybridized carbons (Fsp3) is 0.353. The van der Waals surface area contributed by atoms with Crippen LogP contribution in [0.25, 0.3) is 10.9 Å². The second-order valence-corrected chi connectivity index (χ2v) is 4.67. The Morgan fingerprint density at radius 1 is 1.05 bits per heavy atom. The average Bonchev–Trinajstić information content (AvgIpc) is 2.53. The summed E-state index contributed by atoms with van der Waals surface area (Å²) >= 11 is 0. The Morgan fingerprint density at radius 2 is 1.73 bits per heavy atom. The lowest BCUT2D eigenvalue weighted by Crippen LogP contribution is -2.16. The topological polar surface area (TPSA) is 65.5 Å². The van der Waals surface area contributed by atoms with E-state index in [1.807, 2.05) is 25.1 Å². The van der Waals surface area contributed by atoms with Crippen molar-refractivity contribution in [2.45, 2.75) is 27.2 Å². The van der Waals surface area contributed by atoms with Gasteiger partial charge in [-0.3, -0.25) is 0 Å². The molecule has 0 saturated heterocycles. The number of carbonyl (C=O) groups excluding carboxylic acids is 2. The summed E-state index contributed by atoms with van der Waals surface area (Å²) in [5, 5.41) is 0.801. The number of hydrogen-bond donors (Lipinski definition) is 0. The molecule has 1 heterocycles. The Hall–Kier alpha value is -2.43. The normalized spacial score (nSPS) is 10.5. The summed E-state index contributed by atoms with van der Waals surface area (Å²) < 4.78 is 10.0. The number of fused-ring (bicyclic) bond motifs is 1. The third-order valence-corrected chi connectivity index (χ3v) is 3.27. The molecule has 0 radical (unpaired) electrons. The Bertz CT molecular complexity index is 709. The van der Waals surface area contributed by atoms with Crippen LogP contribution in [0.3, 0.4) is 0 Å². The van der Waals surface area contributed by atoms with E-state index in [0.29, 0.717) is 5.52 Å². The van der Waals surface area contributed by atoms with Crippen LogP contribution in [0, 0.1) is 0 Å². The highest BCUT2D eigenvalue weighted by atomic mass is 16.5. The minimum absolute atomic E-state index is 0.00806. The smallest absolute Gasteiger partial charge is 0.357 e. The summed E-state index contributed by atoms with van der Waals surface area (Å²) in [6, 6.07) is 7.36. The zero-order chi connectivity index (χ0) is 16.1. The lowest BCUT2D eigenvalue weighted by atomic mass is 10.0. The van der Waals surface area contributed by atoms with E-state index in [1.54, 1.807) is 19.9 Å². The van der Waals surface area contributed by atoms with Gasteiger partial charge in [-0.25, -0.2) is 14.6 Å². The number of nitrogens with zero attached hydrogens (tertiary/aromatic N) is 1. The predicted octanol–water partition coefficient (Wildman–Crippen LogP) is 3.15. The number of hydrogen-bond acceptors (Lipinski definition) is 5. The molecule has 0 saturated carbocycles. The number of ether oxygens (including phenoxy) is 2. The van der Waals surface area contributed by atoms with Gasteiger partial charge in [0.15, 0.2) is 5.69 Å². The van der Waals surface area contributed by atoms with Crippen molar-refractivity contribution in [2.24, 2.45) is 0 Å². The summed E-state index contributed by atoms with van der Waals surface area (Å²) in [6.45, 7) is 5.89. The maximum atomic E-state index is 12.1. The lowest BCUT2D eigenvalue weighted by Gasteiger charge is -2.11. The molecule has 0 amide bonds. The molecule has 0 unspecified atom stereocenters. The Kier molecular flexibility index (Phi) is 5.09. The second-order valence-electron chi connectivity index (χ2n) is 4.67. The minimum atomic E-state index is -0.613. The van der Waals surface area contributed by atoms with E-state index in [2.05, 4.69) is 4.98 Å².